The average molecular weight is 338 g/mol. The number of benzene rings is 1. The summed E-state index contributed by atoms with van der Waals surface area (Å²) >= 11 is 3.09. The maximum atomic E-state index is 12.3. The minimum Gasteiger partial charge on any atom is -0.337 e. The van der Waals surface area contributed by atoms with E-state index in [-0.39, 0.29) is 23.1 Å². The summed E-state index contributed by atoms with van der Waals surface area (Å²) in [6, 6.07) is 6.48. The van der Waals surface area contributed by atoms with Gasteiger partial charge in [0, 0.05) is 24.7 Å². The van der Waals surface area contributed by atoms with Crippen molar-refractivity contribution < 1.29 is 9.72 Å². The van der Waals surface area contributed by atoms with Crippen LogP contribution in [0.3, 0.4) is 0 Å². The van der Waals surface area contributed by atoms with E-state index in [1.807, 2.05) is 0 Å². The quantitative estimate of drug-likeness (QED) is 0.613. The summed E-state index contributed by atoms with van der Waals surface area (Å²) in [5.41, 5.74) is 0.142. The topological polar surface area (TPSA) is 87.2 Å². The first kappa shape index (κ1) is 14.5. The Morgan fingerprint density at radius 1 is 1.55 bits per heavy atom. The lowest BCUT2D eigenvalue weighted by Gasteiger charge is -2.29. The Kier molecular flexibility index (Phi) is 4.35. The number of halogens is 1. The van der Waals surface area contributed by atoms with Gasteiger partial charge in [-0.2, -0.15) is 5.26 Å². The fraction of sp³-hybridized carbons (Fsp3) is 0.385. The van der Waals surface area contributed by atoms with Crippen molar-refractivity contribution in [2.75, 3.05) is 13.1 Å². The van der Waals surface area contributed by atoms with Crippen LogP contribution in [0.15, 0.2) is 22.7 Å². The molecule has 1 atom stereocenters. The van der Waals surface area contributed by atoms with Crippen LogP contribution < -0.4 is 0 Å². The Morgan fingerprint density at radius 3 is 2.95 bits per heavy atom. The molecule has 1 aromatic rings. The number of piperidine rings is 1. The van der Waals surface area contributed by atoms with Gasteiger partial charge in [0.25, 0.3) is 11.6 Å². The van der Waals surface area contributed by atoms with E-state index in [1.54, 1.807) is 11.0 Å². The van der Waals surface area contributed by atoms with Gasteiger partial charge in [0.1, 0.15) is 0 Å². The molecule has 1 heterocycles. The second-order valence-electron chi connectivity index (χ2n) is 4.64. The summed E-state index contributed by atoms with van der Waals surface area (Å²) < 4.78 is 0.340. The van der Waals surface area contributed by atoms with Crippen LogP contribution in [-0.2, 0) is 0 Å². The highest BCUT2D eigenvalue weighted by Gasteiger charge is 2.25. The van der Waals surface area contributed by atoms with E-state index in [0.29, 0.717) is 17.6 Å². The number of hydrogen-bond acceptors (Lipinski definition) is 4. The molecule has 1 unspecified atom stereocenters. The van der Waals surface area contributed by atoms with E-state index < -0.39 is 4.92 Å². The molecule has 20 heavy (non-hydrogen) atoms. The van der Waals surface area contributed by atoms with Crippen LogP contribution in [-0.4, -0.2) is 28.8 Å². The van der Waals surface area contributed by atoms with Gasteiger partial charge in [0.15, 0.2) is 0 Å². The van der Waals surface area contributed by atoms with Crippen molar-refractivity contribution in [3.05, 3.63) is 38.3 Å². The molecule has 0 spiro atoms. The third kappa shape index (κ3) is 2.96. The molecule has 1 fully saturated rings. The Balaban J connectivity index is 2.23. The van der Waals surface area contributed by atoms with E-state index >= 15 is 0 Å². The molecule has 1 saturated heterocycles. The molecule has 7 heteroatoms. The molecule has 1 aliphatic heterocycles. The second-order valence-corrected chi connectivity index (χ2v) is 5.50. The summed E-state index contributed by atoms with van der Waals surface area (Å²) in [7, 11) is 0. The number of hydrogen-bond donors (Lipinski definition) is 0. The van der Waals surface area contributed by atoms with E-state index in [2.05, 4.69) is 22.0 Å². The molecular formula is C13H12BrN3O3. The highest BCUT2D eigenvalue weighted by molar-refractivity contribution is 9.10. The third-order valence-corrected chi connectivity index (χ3v) is 3.95. The van der Waals surface area contributed by atoms with Gasteiger partial charge in [-0.05, 0) is 40.9 Å². The second kappa shape index (κ2) is 6.01. The first-order chi connectivity index (χ1) is 9.52. The Bertz CT molecular complexity index is 597. The maximum absolute atomic E-state index is 12.3. The normalized spacial score (nSPS) is 18.4. The number of carbonyl (C=O) groups is 1. The number of nitro benzene ring substituents is 1. The lowest BCUT2D eigenvalue weighted by atomic mass is 9.99. The largest absolute Gasteiger partial charge is 0.337 e. The monoisotopic (exact) mass is 337 g/mol. The number of carbonyl (C=O) groups excluding carboxylic acids is 1. The van der Waals surface area contributed by atoms with Crippen molar-refractivity contribution in [3.63, 3.8) is 0 Å². The third-order valence-electron chi connectivity index (χ3n) is 3.28. The van der Waals surface area contributed by atoms with Crippen LogP contribution in [0, 0.1) is 27.4 Å². The van der Waals surface area contributed by atoms with Crippen molar-refractivity contribution >= 4 is 27.5 Å². The zero-order valence-corrected chi connectivity index (χ0v) is 12.2. The van der Waals surface area contributed by atoms with Gasteiger partial charge < -0.3 is 4.90 Å². The summed E-state index contributed by atoms with van der Waals surface area (Å²) in [6.45, 7) is 0.972. The van der Waals surface area contributed by atoms with Crippen molar-refractivity contribution in [2.45, 2.75) is 12.8 Å². The molecule has 1 aliphatic rings. The van der Waals surface area contributed by atoms with Crippen molar-refractivity contribution in [1.82, 2.24) is 4.90 Å². The predicted molar refractivity (Wildman–Crippen MR) is 75.0 cm³/mol. The summed E-state index contributed by atoms with van der Waals surface area (Å²) in [4.78, 5) is 24.3. The number of nitro groups is 1. The van der Waals surface area contributed by atoms with Gasteiger partial charge in [-0.3, -0.25) is 14.9 Å². The molecule has 0 saturated carbocycles. The zero-order valence-electron chi connectivity index (χ0n) is 10.6. The minimum absolute atomic E-state index is 0.135. The highest BCUT2D eigenvalue weighted by atomic mass is 79.9. The zero-order chi connectivity index (χ0) is 14.7. The maximum Gasteiger partial charge on any atom is 0.284 e. The average Bonchev–Trinajstić information content (AvgIpc) is 2.46. The van der Waals surface area contributed by atoms with E-state index in [1.165, 1.54) is 12.1 Å². The number of rotatable bonds is 2. The van der Waals surface area contributed by atoms with E-state index in [9.17, 15) is 14.9 Å². The molecule has 1 amide bonds. The minimum atomic E-state index is -0.533. The number of amides is 1. The molecule has 0 aliphatic carbocycles. The van der Waals surface area contributed by atoms with E-state index in [0.717, 1.165) is 12.8 Å². The number of nitriles is 1. The van der Waals surface area contributed by atoms with Crippen molar-refractivity contribution in [3.8, 4) is 6.07 Å². The Hall–Kier alpha value is -1.94. The lowest BCUT2D eigenvalue weighted by Crippen LogP contribution is -2.39. The Morgan fingerprint density at radius 2 is 2.30 bits per heavy atom. The summed E-state index contributed by atoms with van der Waals surface area (Å²) in [6.07, 6.45) is 1.57. The number of nitrogens with zero attached hydrogens (tertiary/aromatic N) is 3. The summed E-state index contributed by atoms with van der Waals surface area (Å²) in [5, 5.41) is 19.8. The van der Waals surface area contributed by atoms with Crippen LogP contribution in [0.4, 0.5) is 5.69 Å². The molecule has 0 radical (unpaired) electrons. The molecule has 2 rings (SSSR count). The smallest absolute Gasteiger partial charge is 0.284 e. The first-order valence-electron chi connectivity index (χ1n) is 6.15. The van der Waals surface area contributed by atoms with Crippen LogP contribution in [0.25, 0.3) is 0 Å². The standard InChI is InChI=1S/C13H12BrN3O3/c14-11-4-3-10(6-12(11)17(19)20)13(18)16-5-1-2-9(7-15)8-16/h3-4,6,9H,1-2,5,8H2. The van der Waals surface area contributed by atoms with Crippen molar-refractivity contribution in [1.29, 1.82) is 5.26 Å². The van der Waals surface area contributed by atoms with Gasteiger partial charge in [-0.1, -0.05) is 0 Å². The van der Waals surface area contributed by atoms with Crippen LogP contribution in [0.5, 0.6) is 0 Å². The predicted octanol–water partition coefficient (Wildman–Crippen LogP) is 2.73. The summed E-state index contributed by atoms with van der Waals surface area (Å²) in [5.74, 6) is -0.418. The van der Waals surface area contributed by atoms with Crippen LogP contribution in [0.2, 0.25) is 0 Å². The highest BCUT2D eigenvalue weighted by Crippen LogP contribution is 2.27. The van der Waals surface area contributed by atoms with Gasteiger partial charge >= 0.3 is 0 Å². The SMILES string of the molecule is N#CC1CCCN(C(=O)c2ccc(Br)c([N+](=O)[O-])c2)C1. The molecule has 6 nitrogen and oxygen atoms in total. The molecule has 1 aromatic carbocycles. The van der Waals surface area contributed by atoms with Gasteiger partial charge in [-0.25, -0.2) is 0 Å². The van der Waals surface area contributed by atoms with Crippen LogP contribution in [0.1, 0.15) is 23.2 Å². The number of likely N-dealkylation sites (tertiary alicyclic amines) is 1. The van der Waals surface area contributed by atoms with Gasteiger partial charge in [0.05, 0.1) is 21.4 Å². The first-order valence-corrected chi connectivity index (χ1v) is 6.95. The fourth-order valence-corrected chi connectivity index (χ4v) is 2.63. The molecular weight excluding hydrogens is 326 g/mol. The van der Waals surface area contributed by atoms with Crippen LogP contribution >= 0.6 is 15.9 Å². The lowest BCUT2D eigenvalue weighted by molar-refractivity contribution is -0.385. The molecule has 0 bridgehead atoms. The molecule has 0 aromatic heterocycles. The van der Waals surface area contributed by atoms with Gasteiger partial charge in [0.2, 0.25) is 0 Å². The van der Waals surface area contributed by atoms with Gasteiger partial charge in [-0.15, -0.1) is 0 Å². The Labute approximate surface area is 124 Å². The van der Waals surface area contributed by atoms with E-state index in [4.69, 9.17) is 5.26 Å². The molecule has 104 valence electrons. The fourth-order valence-electron chi connectivity index (χ4n) is 2.24. The molecule has 0 N–H and O–H groups in total. The van der Waals surface area contributed by atoms with Crippen molar-refractivity contribution in [2.24, 2.45) is 5.92 Å².